The first kappa shape index (κ1) is 19.4. The second kappa shape index (κ2) is 8.63. The summed E-state index contributed by atoms with van der Waals surface area (Å²) in [5.74, 6) is -0.602. The highest BCUT2D eigenvalue weighted by Crippen LogP contribution is 2.32. The molecule has 0 bridgehead atoms. The van der Waals surface area contributed by atoms with E-state index in [1.165, 1.54) is 17.8 Å². The number of anilines is 3. The lowest BCUT2D eigenvalue weighted by Crippen LogP contribution is -2.47. The van der Waals surface area contributed by atoms with Crippen LogP contribution in [0.4, 0.5) is 21.5 Å². The summed E-state index contributed by atoms with van der Waals surface area (Å²) in [7, 11) is 1.74. The Kier molecular flexibility index (Phi) is 5.78. The number of hydrogen-bond acceptors (Lipinski definition) is 5. The summed E-state index contributed by atoms with van der Waals surface area (Å²) < 4.78 is 18.5. The van der Waals surface area contributed by atoms with Crippen LogP contribution in [0.15, 0.2) is 48.7 Å². The third-order valence-corrected chi connectivity index (χ3v) is 5.36. The van der Waals surface area contributed by atoms with Crippen molar-refractivity contribution in [2.45, 2.75) is 0 Å². The normalized spacial score (nSPS) is 18.1. The molecule has 2 aliphatic heterocycles. The maximum absolute atomic E-state index is 13.3. The molecule has 2 aliphatic rings. The molecule has 152 valence electrons. The molecule has 0 aromatic heterocycles. The Morgan fingerprint density at radius 2 is 1.90 bits per heavy atom. The van der Waals surface area contributed by atoms with Crippen molar-refractivity contribution in [1.29, 1.82) is 0 Å². The number of nitrogens with one attached hydrogen (secondary N) is 2. The fourth-order valence-electron chi connectivity index (χ4n) is 3.68. The van der Waals surface area contributed by atoms with Gasteiger partial charge in [0.05, 0.1) is 17.9 Å². The van der Waals surface area contributed by atoms with Gasteiger partial charge >= 0.3 is 0 Å². The van der Waals surface area contributed by atoms with Crippen LogP contribution in [0.5, 0.6) is 0 Å². The van der Waals surface area contributed by atoms with E-state index in [-0.39, 0.29) is 11.7 Å². The number of amides is 1. The standard InChI is InChI=1S/C22H25FN4O2/c1-29-13-12-26-8-10-27(11-9-26)18-5-3-17(4-6-18)24-15-20-19-7-2-16(23)14-21(19)25-22(20)28/h2-7,14-15,24H,8-13H2,1H3,(H,25,28)/b20-15+. The fourth-order valence-corrected chi connectivity index (χ4v) is 3.68. The molecule has 2 aromatic rings. The predicted molar refractivity (Wildman–Crippen MR) is 114 cm³/mol. The summed E-state index contributed by atoms with van der Waals surface area (Å²) in [5.41, 5.74) is 3.78. The molecule has 0 aliphatic carbocycles. The van der Waals surface area contributed by atoms with E-state index in [0.29, 0.717) is 16.8 Å². The van der Waals surface area contributed by atoms with E-state index in [9.17, 15) is 9.18 Å². The lowest BCUT2D eigenvalue weighted by molar-refractivity contribution is -0.110. The molecule has 6 nitrogen and oxygen atoms in total. The number of rotatable bonds is 6. The van der Waals surface area contributed by atoms with Gasteiger partial charge in [0.15, 0.2) is 0 Å². The maximum atomic E-state index is 13.3. The van der Waals surface area contributed by atoms with Gasteiger partial charge in [-0.2, -0.15) is 0 Å². The first-order chi connectivity index (χ1) is 14.1. The molecule has 0 atom stereocenters. The van der Waals surface area contributed by atoms with Crippen molar-refractivity contribution in [3.8, 4) is 0 Å². The number of hydrogen-bond donors (Lipinski definition) is 2. The molecule has 2 heterocycles. The van der Waals surface area contributed by atoms with Crippen molar-refractivity contribution in [3.63, 3.8) is 0 Å². The highest BCUT2D eigenvalue weighted by Gasteiger charge is 2.24. The maximum Gasteiger partial charge on any atom is 0.257 e. The van der Waals surface area contributed by atoms with E-state index in [1.54, 1.807) is 19.4 Å². The van der Waals surface area contributed by atoms with Crippen molar-refractivity contribution >= 4 is 28.5 Å². The second-order valence-corrected chi connectivity index (χ2v) is 7.21. The molecule has 7 heteroatoms. The average Bonchev–Trinajstić information content (AvgIpc) is 3.05. The van der Waals surface area contributed by atoms with Crippen LogP contribution in [0, 0.1) is 5.82 Å². The van der Waals surface area contributed by atoms with E-state index in [1.807, 2.05) is 12.1 Å². The fraction of sp³-hybridized carbons (Fsp3) is 0.318. The van der Waals surface area contributed by atoms with Gasteiger partial charge in [-0.15, -0.1) is 0 Å². The van der Waals surface area contributed by atoms with Crippen molar-refractivity contribution in [1.82, 2.24) is 4.90 Å². The zero-order valence-corrected chi connectivity index (χ0v) is 16.5. The molecule has 1 saturated heterocycles. The van der Waals surface area contributed by atoms with Gasteiger partial charge in [0.1, 0.15) is 5.82 Å². The minimum absolute atomic E-state index is 0.235. The van der Waals surface area contributed by atoms with Gasteiger partial charge in [0.25, 0.3) is 5.91 Å². The van der Waals surface area contributed by atoms with Crippen LogP contribution in [-0.2, 0) is 9.53 Å². The van der Waals surface area contributed by atoms with Crippen LogP contribution >= 0.6 is 0 Å². The highest BCUT2D eigenvalue weighted by atomic mass is 19.1. The summed E-state index contributed by atoms with van der Waals surface area (Å²) in [5, 5.41) is 5.86. The lowest BCUT2D eigenvalue weighted by atomic mass is 10.1. The topological polar surface area (TPSA) is 56.8 Å². The zero-order chi connectivity index (χ0) is 20.2. The van der Waals surface area contributed by atoms with Gasteiger partial charge < -0.3 is 20.3 Å². The van der Waals surface area contributed by atoms with Gasteiger partial charge in [0, 0.05) is 63.0 Å². The Labute approximate surface area is 169 Å². The molecule has 0 saturated carbocycles. The summed E-state index contributed by atoms with van der Waals surface area (Å²) in [6.07, 6.45) is 1.67. The van der Waals surface area contributed by atoms with Crippen LogP contribution in [0.3, 0.4) is 0 Å². The Morgan fingerprint density at radius 1 is 1.14 bits per heavy atom. The molecule has 2 aromatic carbocycles. The molecule has 0 unspecified atom stereocenters. The van der Waals surface area contributed by atoms with Crippen molar-refractivity contribution < 1.29 is 13.9 Å². The molecular formula is C22H25FN4O2. The first-order valence-electron chi connectivity index (χ1n) is 9.78. The SMILES string of the molecule is COCCN1CCN(c2ccc(N/C=C3/C(=O)Nc4cc(F)ccc43)cc2)CC1. The number of carbonyl (C=O) groups is 1. The third-order valence-electron chi connectivity index (χ3n) is 5.36. The summed E-state index contributed by atoms with van der Waals surface area (Å²) in [6.45, 7) is 5.80. The van der Waals surface area contributed by atoms with Gasteiger partial charge in [-0.3, -0.25) is 9.69 Å². The quantitative estimate of drug-likeness (QED) is 0.736. The Morgan fingerprint density at radius 3 is 2.62 bits per heavy atom. The molecule has 1 fully saturated rings. The van der Waals surface area contributed by atoms with E-state index < -0.39 is 0 Å². The molecule has 29 heavy (non-hydrogen) atoms. The van der Waals surface area contributed by atoms with Gasteiger partial charge in [0.2, 0.25) is 0 Å². The van der Waals surface area contributed by atoms with E-state index in [2.05, 4.69) is 32.6 Å². The van der Waals surface area contributed by atoms with Crippen molar-refractivity contribution in [2.24, 2.45) is 0 Å². The predicted octanol–water partition coefficient (Wildman–Crippen LogP) is 3.00. The summed E-state index contributed by atoms with van der Waals surface area (Å²) >= 11 is 0. The smallest absolute Gasteiger partial charge is 0.257 e. The van der Waals surface area contributed by atoms with E-state index >= 15 is 0 Å². The van der Waals surface area contributed by atoms with Crippen LogP contribution in [-0.4, -0.2) is 57.2 Å². The number of methoxy groups -OCH3 is 1. The molecule has 0 radical (unpaired) electrons. The number of carbonyl (C=O) groups excluding carboxylic acids is 1. The summed E-state index contributed by atoms with van der Waals surface area (Å²) in [6, 6.07) is 12.5. The zero-order valence-electron chi connectivity index (χ0n) is 16.5. The second-order valence-electron chi connectivity index (χ2n) is 7.21. The number of nitrogens with zero attached hydrogens (tertiary/aromatic N) is 2. The van der Waals surface area contributed by atoms with E-state index in [0.717, 1.165) is 45.0 Å². The molecule has 2 N–H and O–H groups in total. The number of halogens is 1. The largest absolute Gasteiger partial charge is 0.383 e. The Balaban J connectivity index is 1.37. The Bertz CT molecular complexity index is 906. The van der Waals surface area contributed by atoms with Gasteiger partial charge in [-0.25, -0.2) is 4.39 Å². The number of piperazine rings is 1. The van der Waals surface area contributed by atoms with Crippen molar-refractivity contribution in [3.05, 3.63) is 60.0 Å². The number of ether oxygens (including phenoxy) is 1. The first-order valence-corrected chi connectivity index (χ1v) is 9.78. The molecule has 1 amide bonds. The van der Waals surface area contributed by atoms with E-state index in [4.69, 9.17) is 4.74 Å². The van der Waals surface area contributed by atoms with Gasteiger partial charge in [-0.05, 0) is 42.5 Å². The monoisotopic (exact) mass is 396 g/mol. The minimum Gasteiger partial charge on any atom is -0.383 e. The minimum atomic E-state index is -0.367. The number of benzene rings is 2. The average molecular weight is 396 g/mol. The highest BCUT2D eigenvalue weighted by molar-refractivity contribution is 6.31. The van der Waals surface area contributed by atoms with Crippen molar-refractivity contribution in [2.75, 3.05) is 62.0 Å². The molecular weight excluding hydrogens is 371 g/mol. The molecule has 4 rings (SSSR count). The third kappa shape index (κ3) is 4.41. The van der Waals surface area contributed by atoms with Gasteiger partial charge in [-0.1, -0.05) is 0 Å². The summed E-state index contributed by atoms with van der Waals surface area (Å²) in [4.78, 5) is 16.9. The van der Waals surface area contributed by atoms with Crippen LogP contribution in [0.1, 0.15) is 5.56 Å². The van der Waals surface area contributed by atoms with Crippen LogP contribution in [0.25, 0.3) is 5.57 Å². The van der Waals surface area contributed by atoms with Crippen LogP contribution < -0.4 is 15.5 Å². The molecule has 0 spiro atoms. The Hall–Kier alpha value is -2.90. The van der Waals surface area contributed by atoms with Crippen LogP contribution in [0.2, 0.25) is 0 Å². The lowest BCUT2D eigenvalue weighted by Gasteiger charge is -2.36. The number of fused-ring (bicyclic) bond motifs is 1.